The normalized spacial score (nSPS) is 19.8. The van der Waals surface area contributed by atoms with Crippen molar-refractivity contribution in [3.05, 3.63) is 0 Å². The van der Waals surface area contributed by atoms with Gasteiger partial charge in [-0.15, -0.1) is 0 Å². The molecule has 1 fully saturated rings. The molecule has 1 rings (SSSR count). The molecule has 1 saturated carbocycles. The number of sulfonamides is 1. The number of carboxylic acids is 1. The number of nitrogens with one attached hydrogen (secondary N) is 1. The minimum Gasteiger partial charge on any atom is -0.480 e. The highest BCUT2D eigenvalue weighted by atomic mass is 32.2. The minimum absolute atomic E-state index is 0.0195. The molecule has 0 aromatic heterocycles. The van der Waals surface area contributed by atoms with Crippen LogP contribution < -0.4 is 10.5 Å². The van der Waals surface area contributed by atoms with Crippen molar-refractivity contribution in [3.63, 3.8) is 0 Å². The zero-order valence-electron chi connectivity index (χ0n) is 9.05. The summed E-state index contributed by atoms with van der Waals surface area (Å²) in [6, 6.07) is -1.09. The molecule has 94 valence electrons. The Morgan fingerprint density at radius 2 is 2.00 bits per heavy atom. The second kappa shape index (κ2) is 5.60. The molecule has 0 aliphatic heterocycles. The first-order valence-electron chi connectivity index (χ1n) is 5.39. The van der Waals surface area contributed by atoms with Crippen molar-refractivity contribution >= 4 is 16.0 Å². The molecule has 1 unspecified atom stereocenters. The SMILES string of the molecule is NC(CCS(=O)(=O)NC1CCCC1)C(=O)O. The van der Waals surface area contributed by atoms with Crippen molar-refractivity contribution in [1.29, 1.82) is 0 Å². The molecule has 7 heteroatoms. The fourth-order valence-corrected chi connectivity index (χ4v) is 3.19. The van der Waals surface area contributed by atoms with Crippen LogP contribution in [0.4, 0.5) is 0 Å². The van der Waals surface area contributed by atoms with E-state index >= 15 is 0 Å². The van der Waals surface area contributed by atoms with Crippen molar-refractivity contribution in [2.24, 2.45) is 5.73 Å². The van der Waals surface area contributed by atoms with Crippen LogP contribution >= 0.6 is 0 Å². The molecular weight excluding hydrogens is 232 g/mol. The summed E-state index contributed by atoms with van der Waals surface area (Å²) in [5.41, 5.74) is 5.24. The van der Waals surface area contributed by atoms with Gasteiger partial charge in [0.05, 0.1) is 5.75 Å². The van der Waals surface area contributed by atoms with Crippen LogP contribution in [0.5, 0.6) is 0 Å². The Hall–Kier alpha value is -0.660. The van der Waals surface area contributed by atoms with Crippen LogP contribution in [0.1, 0.15) is 32.1 Å². The lowest BCUT2D eigenvalue weighted by Crippen LogP contribution is -2.38. The minimum atomic E-state index is -3.39. The summed E-state index contributed by atoms with van der Waals surface area (Å²) in [7, 11) is -3.39. The molecule has 16 heavy (non-hydrogen) atoms. The van der Waals surface area contributed by atoms with Gasteiger partial charge in [-0.05, 0) is 19.3 Å². The zero-order chi connectivity index (χ0) is 12.2. The molecule has 0 bridgehead atoms. The molecule has 6 nitrogen and oxygen atoms in total. The molecular formula is C9H18N2O4S. The summed E-state index contributed by atoms with van der Waals surface area (Å²) in [4.78, 5) is 10.4. The van der Waals surface area contributed by atoms with Crippen LogP contribution in [-0.2, 0) is 14.8 Å². The van der Waals surface area contributed by atoms with E-state index in [1.807, 2.05) is 0 Å². The maximum Gasteiger partial charge on any atom is 0.320 e. The predicted octanol–water partition coefficient (Wildman–Crippen LogP) is -0.350. The molecule has 0 radical (unpaired) electrons. The van der Waals surface area contributed by atoms with E-state index in [9.17, 15) is 13.2 Å². The monoisotopic (exact) mass is 250 g/mol. The zero-order valence-corrected chi connectivity index (χ0v) is 9.87. The van der Waals surface area contributed by atoms with E-state index in [2.05, 4.69) is 4.72 Å². The number of rotatable bonds is 6. The Labute approximate surface area is 95.3 Å². The van der Waals surface area contributed by atoms with Crippen molar-refractivity contribution < 1.29 is 18.3 Å². The van der Waals surface area contributed by atoms with Gasteiger partial charge in [0.25, 0.3) is 0 Å². The van der Waals surface area contributed by atoms with E-state index in [0.29, 0.717) is 0 Å². The van der Waals surface area contributed by atoms with Gasteiger partial charge in [0.1, 0.15) is 6.04 Å². The molecule has 0 amide bonds. The Bertz CT molecular complexity index is 335. The Morgan fingerprint density at radius 1 is 1.44 bits per heavy atom. The standard InChI is InChI=1S/C9H18N2O4S/c10-8(9(12)13)5-6-16(14,15)11-7-3-1-2-4-7/h7-8,11H,1-6,10H2,(H,12,13). The van der Waals surface area contributed by atoms with Crippen LogP contribution in [0.25, 0.3) is 0 Å². The van der Waals surface area contributed by atoms with E-state index in [1.165, 1.54) is 0 Å². The van der Waals surface area contributed by atoms with Crippen LogP contribution in [-0.4, -0.2) is 37.3 Å². The summed E-state index contributed by atoms with van der Waals surface area (Å²) >= 11 is 0. The summed E-state index contributed by atoms with van der Waals surface area (Å²) in [5.74, 6) is -1.40. The van der Waals surface area contributed by atoms with Crippen LogP contribution in [0.2, 0.25) is 0 Å². The first kappa shape index (κ1) is 13.4. The predicted molar refractivity (Wildman–Crippen MR) is 59.4 cm³/mol. The van der Waals surface area contributed by atoms with E-state index in [-0.39, 0.29) is 18.2 Å². The summed E-state index contributed by atoms with van der Waals surface area (Å²) in [5, 5.41) is 8.52. The first-order valence-corrected chi connectivity index (χ1v) is 7.04. The van der Waals surface area contributed by atoms with Crippen molar-refractivity contribution in [1.82, 2.24) is 4.72 Å². The number of nitrogens with two attached hydrogens (primary N) is 1. The largest absolute Gasteiger partial charge is 0.480 e. The van der Waals surface area contributed by atoms with Gasteiger partial charge in [-0.2, -0.15) is 0 Å². The fourth-order valence-electron chi connectivity index (χ4n) is 1.76. The first-order chi connectivity index (χ1) is 7.41. The lowest BCUT2D eigenvalue weighted by Gasteiger charge is -2.13. The van der Waals surface area contributed by atoms with Gasteiger partial charge >= 0.3 is 5.97 Å². The third kappa shape index (κ3) is 4.46. The molecule has 0 aromatic carbocycles. The van der Waals surface area contributed by atoms with Crippen molar-refractivity contribution in [2.45, 2.75) is 44.2 Å². The topological polar surface area (TPSA) is 109 Å². The van der Waals surface area contributed by atoms with Crippen molar-refractivity contribution in [2.75, 3.05) is 5.75 Å². The van der Waals surface area contributed by atoms with E-state index < -0.39 is 22.0 Å². The highest BCUT2D eigenvalue weighted by Crippen LogP contribution is 2.18. The van der Waals surface area contributed by atoms with Gasteiger partial charge in [-0.3, -0.25) is 4.79 Å². The maximum absolute atomic E-state index is 11.6. The van der Waals surface area contributed by atoms with Gasteiger partial charge in [0, 0.05) is 6.04 Å². The smallest absolute Gasteiger partial charge is 0.320 e. The lowest BCUT2D eigenvalue weighted by molar-refractivity contribution is -0.138. The summed E-state index contributed by atoms with van der Waals surface area (Å²) in [6.45, 7) is 0. The molecule has 1 aliphatic carbocycles. The van der Waals surface area contributed by atoms with Gasteiger partial charge in [-0.25, -0.2) is 13.1 Å². The summed E-state index contributed by atoms with van der Waals surface area (Å²) in [6.07, 6.45) is 3.76. The molecule has 0 saturated heterocycles. The highest BCUT2D eigenvalue weighted by molar-refractivity contribution is 7.89. The second-order valence-corrected chi connectivity index (χ2v) is 6.02. The Morgan fingerprint density at radius 3 is 2.50 bits per heavy atom. The quantitative estimate of drug-likeness (QED) is 0.597. The molecule has 0 spiro atoms. The third-order valence-electron chi connectivity index (χ3n) is 2.72. The summed E-state index contributed by atoms with van der Waals surface area (Å²) < 4.78 is 25.7. The van der Waals surface area contributed by atoms with Crippen molar-refractivity contribution in [3.8, 4) is 0 Å². The van der Waals surface area contributed by atoms with E-state index in [4.69, 9.17) is 10.8 Å². The lowest BCUT2D eigenvalue weighted by atomic mass is 10.2. The van der Waals surface area contributed by atoms with Gasteiger partial charge < -0.3 is 10.8 Å². The van der Waals surface area contributed by atoms with E-state index in [0.717, 1.165) is 25.7 Å². The van der Waals surface area contributed by atoms with Crippen LogP contribution in [0, 0.1) is 0 Å². The molecule has 1 aliphatic rings. The second-order valence-electron chi connectivity index (χ2n) is 4.15. The van der Waals surface area contributed by atoms with E-state index in [1.54, 1.807) is 0 Å². The molecule has 4 N–H and O–H groups in total. The molecule has 0 aromatic rings. The maximum atomic E-state index is 11.6. The number of carboxylic acid groups (broad SMARTS) is 1. The van der Waals surface area contributed by atoms with Gasteiger partial charge in [0.15, 0.2) is 0 Å². The number of carbonyl (C=O) groups is 1. The highest BCUT2D eigenvalue weighted by Gasteiger charge is 2.22. The number of aliphatic carboxylic acids is 1. The average molecular weight is 250 g/mol. The fraction of sp³-hybridized carbons (Fsp3) is 0.889. The van der Waals surface area contributed by atoms with Crippen LogP contribution in [0.3, 0.4) is 0 Å². The van der Waals surface area contributed by atoms with Gasteiger partial charge in [-0.1, -0.05) is 12.8 Å². The molecule has 0 heterocycles. The Kier molecular flexibility index (Phi) is 4.69. The average Bonchev–Trinajstić information content (AvgIpc) is 2.65. The number of hydrogen-bond donors (Lipinski definition) is 3. The Balaban J connectivity index is 2.36. The van der Waals surface area contributed by atoms with Crippen LogP contribution in [0.15, 0.2) is 0 Å². The van der Waals surface area contributed by atoms with Gasteiger partial charge in [0.2, 0.25) is 10.0 Å². The number of hydrogen-bond acceptors (Lipinski definition) is 4. The molecule has 1 atom stereocenters. The third-order valence-corrected chi connectivity index (χ3v) is 4.18.